The second kappa shape index (κ2) is 13.1. The Balaban J connectivity index is 1.07. The Hall–Kier alpha value is -5.58. The maximum absolute atomic E-state index is 8.90. The van der Waals surface area contributed by atoms with Crippen LogP contribution in [0.5, 0.6) is 0 Å². The third-order valence-electron chi connectivity index (χ3n) is 8.46. The standard InChI is InChI=1S/C39H30N8S2/c1-39(2)27-21-23(35(40)48-37(42)33-13-7-11-31(46-33)29-9-3-5-19-44-29)15-17-25(27)26-18-16-24(22-28(26)39)36(41)49-38(43)34-14-8-12-32(47-34)30-10-4-6-20-45-30/h3-22,40-43H,1-2H3/p+1. The monoisotopic (exact) mass is 675 g/mol. The third kappa shape index (κ3) is 6.36. The summed E-state index contributed by atoms with van der Waals surface area (Å²) in [7, 11) is 0. The minimum atomic E-state index is -0.356. The van der Waals surface area contributed by atoms with Gasteiger partial charge in [0.05, 0.1) is 39.7 Å². The number of nitrogens with two attached hydrogens (primary N) is 1. The molecule has 0 saturated carbocycles. The lowest BCUT2D eigenvalue weighted by atomic mass is 9.81. The van der Waals surface area contributed by atoms with Crippen LogP contribution in [-0.2, 0) is 5.41 Å². The first-order valence-electron chi connectivity index (χ1n) is 15.5. The molecule has 1 aliphatic carbocycles. The van der Waals surface area contributed by atoms with E-state index in [9.17, 15) is 0 Å². The number of nitrogens with one attached hydrogen (secondary N) is 3. The summed E-state index contributed by atoms with van der Waals surface area (Å²) in [5.41, 5.74) is 9.60. The van der Waals surface area contributed by atoms with E-state index in [1.54, 1.807) is 18.5 Å². The van der Waals surface area contributed by atoms with Crippen LogP contribution >= 0.6 is 23.5 Å². The summed E-state index contributed by atoms with van der Waals surface area (Å²) < 4.78 is 0. The smallest absolute Gasteiger partial charge is 0.245 e. The molecule has 49 heavy (non-hydrogen) atoms. The van der Waals surface area contributed by atoms with Crippen LogP contribution in [-0.4, -0.2) is 40.1 Å². The van der Waals surface area contributed by atoms with E-state index in [0.29, 0.717) is 27.8 Å². The van der Waals surface area contributed by atoms with E-state index in [1.165, 1.54) is 11.8 Å². The number of hydrogen-bond donors (Lipinski definition) is 4. The molecule has 0 radical (unpaired) electrons. The quantitative estimate of drug-likeness (QED) is 0.108. The number of fused-ring (bicyclic) bond motifs is 3. The van der Waals surface area contributed by atoms with Gasteiger partial charge in [0.1, 0.15) is 15.1 Å². The molecular formula is C39H31N8S2+. The average molecular weight is 676 g/mol. The van der Waals surface area contributed by atoms with Crippen molar-refractivity contribution in [3.63, 3.8) is 0 Å². The molecule has 238 valence electrons. The number of nitrogens with zero attached hydrogens (tertiary/aromatic N) is 4. The normalized spacial score (nSPS) is 12.5. The van der Waals surface area contributed by atoms with Gasteiger partial charge in [0.15, 0.2) is 0 Å². The van der Waals surface area contributed by atoms with E-state index >= 15 is 0 Å². The van der Waals surface area contributed by atoms with E-state index in [4.69, 9.17) is 21.6 Å². The van der Waals surface area contributed by atoms with Gasteiger partial charge in [-0.2, -0.15) is 0 Å². The molecule has 4 heterocycles. The topological polar surface area (TPSA) is 149 Å². The van der Waals surface area contributed by atoms with Gasteiger partial charge in [-0.05, 0) is 101 Å². The summed E-state index contributed by atoms with van der Waals surface area (Å²) >= 11 is 2.27. The van der Waals surface area contributed by atoms with Crippen molar-refractivity contribution in [3.05, 3.63) is 155 Å². The van der Waals surface area contributed by atoms with E-state index in [2.05, 4.69) is 58.0 Å². The van der Waals surface area contributed by atoms with Crippen molar-refractivity contribution in [1.82, 2.24) is 19.9 Å². The summed E-state index contributed by atoms with van der Waals surface area (Å²) in [5, 5.41) is 34.2. The Kier molecular flexibility index (Phi) is 8.58. The van der Waals surface area contributed by atoms with Crippen molar-refractivity contribution < 1.29 is 5.41 Å². The number of thioether (sulfide) groups is 2. The first kappa shape index (κ1) is 32.0. The molecule has 7 rings (SSSR count). The number of pyridine rings is 4. The maximum Gasteiger partial charge on any atom is 0.245 e. The minimum Gasteiger partial charge on any atom is -0.293 e. The molecule has 0 bridgehead atoms. The number of hydrogen-bond acceptors (Lipinski definition) is 9. The summed E-state index contributed by atoms with van der Waals surface area (Å²) in [6.07, 6.45) is 3.44. The lowest BCUT2D eigenvalue weighted by molar-refractivity contribution is -0.107. The maximum atomic E-state index is 8.90. The molecule has 0 atom stereocenters. The summed E-state index contributed by atoms with van der Waals surface area (Å²) in [6, 6.07) is 34.7. The molecule has 0 saturated heterocycles. The first-order valence-corrected chi connectivity index (χ1v) is 17.1. The molecule has 0 amide bonds. The molecule has 0 aliphatic heterocycles. The Labute approximate surface area is 292 Å². The largest absolute Gasteiger partial charge is 0.293 e. The van der Waals surface area contributed by atoms with Crippen molar-refractivity contribution in [3.8, 4) is 33.9 Å². The summed E-state index contributed by atoms with van der Waals surface area (Å²) in [5.74, 6) is 0. The van der Waals surface area contributed by atoms with Crippen molar-refractivity contribution in [1.29, 1.82) is 16.2 Å². The summed E-state index contributed by atoms with van der Waals surface area (Å²) in [4.78, 5) is 18.0. The Morgan fingerprint density at radius 3 is 1.57 bits per heavy atom. The van der Waals surface area contributed by atoms with Crippen molar-refractivity contribution in [2.45, 2.75) is 19.3 Å². The van der Waals surface area contributed by atoms with Gasteiger partial charge in [-0.25, -0.2) is 15.4 Å². The second-order valence-corrected chi connectivity index (χ2v) is 14.0. The third-order valence-corrected chi connectivity index (χ3v) is 10.2. The van der Waals surface area contributed by atoms with E-state index in [1.807, 2.05) is 78.9 Å². The minimum absolute atomic E-state index is 0.197. The number of aromatic nitrogens is 4. The number of rotatable bonds is 6. The highest BCUT2D eigenvalue weighted by Gasteiger charge is 2.36. The van der Waals surface area contributed by atoms with Gasteiger partial charge < -0.3 is 0 Å². The van der Waals surface area contributed by atoms with Gasteiger partial charge in [-0.1, -0.05) is 56.3 Å². The molecule has 8 nitrogen and oxygen atoms in total. The van der Waals surface area contributed by atoms with Crippen LogP contribution in [0.1, 0.15) is 47.5 Å². The van der Waals surface area contributed by atoms with Gasteiger partial charge >= 0.3 is 0 Å². The molecule has 0 unspecified atom stereocenters. The van der Waals surface area contributed by atoms with Crippen LogP contribution in [0.15, 0.2) is 122 Å². The summed E-state index contributed by atoms with van der Waals surface area (Å²) in [6.45, 7) is 4.35. The predicted octanol–water partition coefficient (Wildman–Crippen LogP) is 7.26. The molecule has 1 aliphatic rings. The lowest BCUT2D eigenvalue weighted by Gasteiger charge is -2.22. The Morgan fingerprint density at radius 2 is 1.04 bits per heavy atom. The fourth-order valence-corrected chi connectivity index (χ4v) is 7.25. The van der Waals surface area contributed by atoms with E-state index in [-0.39, 0.29) is 20.5 Å². The van der Waals surface area contributed by atoms with Gasteiger partial charge in [0.25, 0.3) is 0 Å². The SMILES string of the molecule is CC1(C)c2cc(C(=N)SC(=N)c3cccc(-c4ccccn4)n3)ccc2-c2ccc(C(=[NH2+])SC(=N)c3cccc(-c4ccccn4)n3)cc21. The van der Waals surface area contributed by atoms with Crippen molar-refractivity contribution >= 4 is 43.7 Å². The predicted molar refractivity (Wildman–Crippen MR) is 201 cm³/mol. The van der Waals surface area contributed by atoms with Crippen LogP contribution in [0, 0.1) is 16.2 Å². The average Bonchev–Trinajstić information content (AvgIpc) is 3.37. The highest BCUT2D eigenvalue weighted by atomic mass is 32.2. The molecule has 0 spiro atoms. The first-order chi connectivity index (χ1) is 23.7. The highest BCUT2D eigenvalue weighted by Crippen LogP contribution is 2.49. The van der Waals surface area contributed by atoms with Crippen LogP contribution in [0.25, 0.3) is 33.9 Å². The fraction of sp³-hybridized carbons (Fsp3) is 0.0769. The van der Waals surface area contributed by atoms with Gasteiger partial charge in [-0.3, -0.25) is 26.2 Å². The molecule has 2 aromatic carbocycles. The molecule has 0 fully saturated rings. The Morgan fingerprint density at radius 1 is 0.551 bits per heavy atom. The molecule has 4 aromatic heterocycles. The van der Waals surface area contributed by atoms with Crippen LogP contribution in [0.3, 0.4) is 0 Å². The van der Waals surface area contributed by atoms with Crippen molar-refractivity contribution in [2.24, 2.45) is 0 Å². The zero-order valence-corrected chi connectivity index (χ0v) is 28.4. The van der Waals surface area contributed by atoms with E-state index in [0.717, 1.165) is 56.5 Å². The zero-order chi connectivity index (χ0) is 34.1. The lowest BCUT2D eigenvalue weighted by Crippen LogP contribution is -2.39. The fourth-order valence-electron chi connectivity index (χ4n) is 5.90. The highest BCUT2D eigenvalue weighted by molar-refractivity contribution is 8.27. The van der Waals surface area contributed by atoms with Crippen LogP contribution < -0.4 is 5.41 Å². The van der Waals surface area contributed by atoms with Gasteiger partial charge in [0.2, 0.25) is 5.04 Å². The molecule has 5 N–H and O–H groups in total. The van der Waals surface area contributed by atoms with E-state index < -0.39 is 0 Å². The Bertz CT molecular complexity index is 2120. The van der Waals surface area contributed by atoms with Gasteiger partial charge in [-0.15, -0.1) is 0 Å². The molecular weight excluding hydrogens is 645 g/mol. The molecule has 6 aromatic rings. The second-order valence-electron chi connectivity index (χ2n) is 11.9. The van der Waals surface area contributed by atoms with Crippen LogP contribution in [0.4, 0.5) is 0 Å². The van der Waals surface area contributed by atoms with Gasteiger partial charge in [0, 0.05) is 35.1 Å². The van der Waals surface area contributed by atoms with Crippen molar-refractivity contribution in [2.75, 3.05) is 0 Å². The number of benzene rings is 2. The zero-order valence-electron chi connectivity index (χ0n) is 26.7. The molecule has 10 heteroatoms. The van der Waals surface area contributed by atoms with Crippen LogP contribution in [0.2, 0.25) is 0 Å².